The van der Waals surface area contributed by atoms with Crippen LogP contribution in [0.3, 0.4) is 0 Å². The van der Waals surface area contributed by atoms with E-state index < -0.39 is 0 Å². The molecule has 2 rings (SSSR count). The van der Waals surface area contributed by atoms with Crippen molar-refractivity contribution in [2.75, 3.05) is 6.61 Å². The summed E-state index contributed by atoms with van der Waals surface area (Å²) in [6.45, 7) is 5.01. The topological polar surface area (TPSA) is 26.3 Å². The highest BCUT2D eigenvalue weighted by Gasteiger charge is 2.31. The van der Waals surface area contributed by atoms with Crippen molar-refractivity contribution in [3.8, 4) is 0 Å². The Labute approximate surface area is 92.4 Å². The summed E-state index contributed by atoms with van der Waals surface area (Å²) in [6, 6.07) is 0. The molecule has 0 saturated heterocycles. The molecular formula is C13H22O2. The predicted molar refractivity (Wildman–Crippen MR) is 59.7 cm³/mol. The third kappa shape index (κ3) is 3.30. The number of hydrogen-bond donors (Lipinski definition) is 0. The number of Topliss-reactive ketones (excluding diaryl/α,β-unsaturated/α-hetero) is 1. The maximum Gasteiger partial charge on any atom is 0.161 e. The van der Waals surface area contributed by atoms with Gasteiger partial charge < -0.3 is 4.74 Å². The molecule has 2 heteroatoms. The Bertz CT molecular complexity index is 231. The minimum Gasteiger partial charge on any atom is -0.370 e. The van der Waals surface area contributed by atoms with E-state index in [1.54, 1.807) is 0 Å². The van der Waals surface area contributed by atoms with Gasteiger partial charge in [-0.2, -0.15) is 0 Å². The average Bonchev–Trinajstić information content (AvgIpc) is 2.99. The zero-order chi connectivity index (χ0) is 10.9. The average molecular weight is 210 g/mol. The Balaban J connectivity index is 1.66. The van der Waals surface area contributed by atoms with Gasteiger partial charge in [-0.25, -0.2) is 0 Å². The van der Waals surface area contributed by atoms with Gasteiger partial charge in [-0.05, 0) is 43.9 Å². The molecule has 0 unspecified atom stereocenters. The first-order chi connectivity index (χ1) is 7.07. The minimum atomic E-state index is 0.333. The molecule has 0 aromatic heterocycles. The van der Waals surface area contributed by atoms with Gasteiger partial charge in [0, 0.05) is 5.92 Å². The van der Waals surface area contributed by atoms with Crippen molar-refractivity contribution in [2.24, 2.45) is 11.3 Å². The zero-order valence-corrected chi connectivity index (χ0v) is 9.92. The van der Waals surface area contributed by atoms with Crippen LogP contribution in [0.1, 0.15) is 52.4 Å². The third-order valence-corrected chi connectivity index (χ3v) is 3.78. The van der Waals surface area contributed by atoms with Gasteiger partial charge in [-0.15, -0.1) is 0 Å². The normalized spacial score (nSPS) is 26.5. The Morgan fingerprint density at radius 3 is 2.33 bits per heavy atom. The SMILES string of the molecule is CC1(C)CCC(OCC(=O)C2CC2)CC1. The molecule has 2 saturated carbocycles. The van der Waals surface area contributed by atoms with Crippen molar-refractivity contribution in [3.63, 3.8) is 0 Å². The standard InChI is InChI=1S/C13H22O2/c1-13(2)7-5-11(6-8-13)15-9-12(14)10-3-4-10/h10-11H,3-9H2,1-2H3. The molecule has 86 valence electrons. The first kappa shape index (κ1) is 11.1. The summed E-state index contributed by atoms with van der Waals surface area (Å²) in [6.07, 6.45) is 7.26. The van der Waals surface area contributed by atoms with Crippen LogP contribution in [0.25, 0.3) is 0 Å². The minimum absolute atomic E-state index is 0.333. The fourth-order valence-corrected chi connectivity index (χ4v) is 2.26. The van der Waals surface area contributed by atoms with E-state index in [1.165, 1.54) is 12.8 Å². The zero-order valence-electron chi connectivity index (χ0n) is 9.92. The first-order valence-corrected chi connectivity index (χ1v) is 6.21. The monoisotopic (exact) mass is 210 g/mol. The van der Waals surface area contributed by atoms with E-state index in [0.717, 1.165) is 25.7 Å². The van der Waals surface area contributed by atoms with Crippen molar-refractivity contribution in [1.29, 1.82) is 0 Å². The van der Waals surface area contributed by atoms with Crippen molar-refractivity contribution in [3.05, 3.63) is 0 Å². The summed E-state index contributed by atoms with van der Waals surface area (Å²) in [7, 11) is 0. The van der Waals surface area contributed by atoms with E-state index in [0.29, 0.717) is 29.8 Å². The molecule has 0 amide bonds. The highest BCUT2D eigenvalue weighted by molar-refractivity contribution is 5.84. The molecule has 0 radical (unpaired) electrons. The van der Waals surface area contributed by atoms with E-state index >= 15 is 0 Å². The molecular weight excluding hydrogens is 188 g/mol. The Hall–Kier alpha value is -0.370. The summed E-state index contributed by atoms with van der Waals surface area (Å²) in [5.41, 5.74) is 0.486. The molecule has 0 spiro atoms. The lowest BCUT2D eigenvalue weighted by Crippen LogP contribution is -2.28. The molecule has 0 atom stereocenters. The highest BCUT2D eigenvalue weighted by atomic mass is 16.5. The van der Waals surface area contributed by atoms with Crippen molar-refractivity contribution in [1.82, 2.24) is 0 Å². The summed E-state index contributed by atoms with van der Waals surface area (Å²) < 4.78 is 5.69. The van der Waals surface area contributed by atoms with Gasteiger partial charge >= 0.3 is 0 Å². The Morgan fingerprint density at radius 1 is 1.20 bits per heavy atom. The van der Waals surface area contributed by atoms with Gasteiger partial charge in [0.2, 0.25) is 0 Å². The van der Waals surface area contributed by atoms with Crippen LogP contribution in [0, 0.1) is 11.3 Å². The van der Waals surface area contributed by atoms with E-state index in [2.05, 4.69) is 13.8 Å². The second-order valence-electron chi connectivity index (χ2n) is 5.92. The van der Waals surface area contributed by atoms with Crippen LogP contribution in [-0.4, -0.2) is 18.5 Å². The number of carbonyl (C=O) groups is 1. The molecule has 0 heterocycles. The number of ether oxygens (including phenoxy) is 1. The number of carbonyl (C=O) groups excluding carboxylic acids is 1. The summed E-state index contributed by atoms with van der Waals surface area (Å²) in [4.78, 5) is 11.5. The number of rotatable bonds is 4. The Kier molecular flexibility index (Phi) is 3.15. The number of hydrogen-bond acceptors (Lipinski definition) is 2. The van der Waals surface area contributed by atoms with Gasteiger partial charge in [0.15, 0.2) is 5.78 Å². The van der Waals surface area contributed by atoms with E-state index in [-0.39, 0.29) is 0 Å². The molecule has 15 heavy (non-hydrogen) atoms. The molecule has 0 aliphatic heterocycles. The fourth-order valence-electron chi connectivity index (χ4n) is 2.26. The molecule has 2 fully saturated rings. The van der Waals surface area contributed by atoms with Gasteiger partial charge in [-0.3, -0.25) is 4.79 Å². The second-order valence-corrected chi connectivity index (χ2v) is 5.92. The van der Waals surface area contributed by atoms with Crippen molar-refractivity contribution in [2.45, 2.75) is 58.5 Å². The van der Waals surface area contributed by atoms with Crippen LogP contribution in [0.15, 0.2) is 0 Å². The van der Waals surface area contributed by atoms with Crippen LogP contribution in [0.5, 0.6) is 0 Å². The molecule has 2 nitrogen and oxygen atoms in total. The van der Waals surface area contributed by atoms with Gasteiger partial charge in [0.25, 0.3) is 0 Å². The van der Waals surface area contributed by atoms with Gasteiger partial charge in [0.05, 0.1) is 6.10 Å². The fraction of sp³-hybridized carbons (Fsp3) is 0.923. The predicted octanol–water partition coefficient (Wildman–Crippen LogP) is 2.95. The van der Waals surface area contributed by atoms with E-state index in [9.17, 15) is 4.79 Å². The van der Waals surface area contributed by atoms with Crippen molar-refractivity contribution >= 4 is 5.78 Å². The lowest BCUT2D eigenvalue weighted by atomic mass is 9.76. The molecule has 0 N–H and O–H groups in total. The largest absolute Gasteiger partial charge is 0.370 e. The summed E-state index contributed by atoms with van der Waals surface area (Å²) in [5.74, 6) is 0.685. The third-order valence-electron chi connectivity index (χ3n) is 3.78. The van der Waals surface area contributed by atoms with Crippen molar-refractivity contribution < 1.29 is 9.53 Å². The first-order valence-electron chi connectivity index (χ1n) is 6.21. The summed E-state index contributed by atoms with van der Waals surface area (Å²) >= 11 is 0. The van der Waals surface area contributed by atoms with E-state index in [4.69, 9.17) is 4.74 Å². The van der Waals surface area contributed by atoms with Crippen LogP contribution >= 0.6 is 0 Å². The second kappa shape index (κ2) is 4.25. The molecule has 2 aliphatic rings. The smallest absolute Gasteiger partial charge is 0.161 e. The lowest BCUT2D eigenvalue weighted by molar-refractivity contribution is -0.127. The van der Waals surface area contributed by atoms with Gasteiger partial charge in [0.1, 0.15) is 6.61 Å². The highest BCUT2D eigenvalue weighted by Crippen LogP contribution is 2.36. The Morgan fingerprint density at radius 2 is 1.80 bits per heavy atom. The summed E-state index contributed by atoms with van der Waals surface area (Å²) in [5, 5.41) is 0. The van der Waals surface area contributed by atoms with Crippen LogP contribution in [0.2, 0.25) is 0 Å². The maximum absolute atomic E-state index is 11.5. The van der Waals surface area contributed by atoms with Crippen LogP contribution in [-0.2, 0) is 9.53 Å². The molecule has 0 bridgehead atoms. The van der Waals surface area contributed by atoms with Crippen LogP contribution < -0.4 is 0 Å². The lowest BCUT2D eigenvalue weighted by Gasteiger charge is -2.34. The van der Waals surface area contributed by atoms with Gasteiger partial charge in [-0.1, -0.05) is 13.8 Å². The van der Waals surface area contributed by atoms with E-state index in [1.807, 2.05) is 0 Å². The number of ketones is 1. The van der Waals surface area contributed by atoms with Crippen LogP contribution in [0.4, 0.5) is 0 Å². The quantitative estimate of drug-likeness (QED) is 0.713. The maximum atomic E-state index is 11.5. The molecule has 0 aromatic carbocycles. The molecule has 2 aliphatic carbocycles. The molecule has 0 aromatic rings.